The third-order valence-corrected chi connectivity index (χ3v) is 6.65. The first-order chi connectivity index (χ1) is 13.5. The lowest BCUT2D eigenvalue weighted by atomic mass is 9.89. The molecule has 2 unspecified atom stereocenters. The summed E-state index contributed by atoms with van der Waals surface area (Å²) >= 11 is 0. The molecule has 28 heavy (non-hydrogen) atoms. The Morgan fingerprint density at radius 2 is 2.21 bits per heavy atom. The summed E-state index contributed by atoms with van der Waals surface area (Å²) in [5.41, 5.74) is 4.65. The number of nitrogens with zero attached hydrogens (tertiary/aromatic N) is 2. The number of hydrogen-bond acceptors (Lipinski definition) is 4. The normalized spacial score (nSPS) is 17.6. The number of para-hydroxylation sites is 1. The van der Waals surface area contributed by atoms with Gasteiger partial charge < -0.3 is 14.6 Å². The Balaban J connectivity index is 1.68. The van der Waals surface area contributed by atoms with E-state index in [-0.39, 0.29) is 5.75 Å². The van der Waals surface area contributed by atoms with E-state index in [4.69, 9.17) is 4.74 Å². The number of fused-ring (bicyclic) bond motifs is 2. The maximum absolute atomic E-state index is 13.9. The summed E-state index contributed by atoms with van der Waals surface area (Å²) in [6.07, 6.45) is 1.13. The molecule has 0 aliphatic carbocycles. The molecule has 1 aliphatic rings. The summed E-state index contributed by atoms with van der Waals surface area (Å²) < 4.78 is 32.0. The van der Waals surface area contributed by atoms with E-state index in [1.807, 2.05) is 12.1 Å². The molecule has 1 N–H and O–H groups in total. The predicted molar refractivity (Wildman–Crippen MR) is 110 cm³/mol. The Morgan fingerprint density at radius 1 is 1.39 bits per heavy atom. The van der Waals surface area contributed by atoms with E-state index in [9.17, 15) is 8.60 Å². The van der Waals surface area contributed by atoms with Gasteiger partial charge in [0, 0.05) is 30.9 Å². The molecule has 0 amide bonds. The van der Waals surface area contributed by atoms with Gasteiger partial charge in [0.15, 0.2) is 16.7 Å². The quantitative estimate of drug-likeness (QED) is 0.690. The monoisotopic (exact) mass is 401 g/mol. The van der Waals surface area contributed by atoms with Gasteiger partial charge in [-0.25, -0.2) is 9.37 Å². The van der Waals surface area contributed by atoms with E-state index >= 15 is 0 Å². The van der Waals surface area contributed by atoms with Crippen LogP contribution in [0.15, 0.2) is 35.5 Å². The fraction of sp³-hybridized carbons (Fsp3) is 0.381. The molecule has 7 heteroatoms. The van der Waals surface area contributed by atoms with Crippen molar-refractivity contribution < 1.29 is 13.3 Å². The standard InChI is InChI=1S/C21H24FN3O2S/c1-4-25-9-8-13(2)15-7-5-6-14(20(15)25)12-28(26)21-23-17-10-16(22)19(27-3)11-18(17)24-21/h5-7,10-11,13H,4,8-9,12H2,1-3H3,(H,23,24). The fourth-order valence-electron chi connectivity index (χ4n) is 3.91. The van der Waals surface area contributed by atoms with Gasteiger partial charge in [0.25, 0.3) is 0 Å². The van der Waals surface area contributed by atoms with Gasteiger partial charge >= 0.3 is 0 Å². The van der Waals surface area contributed by atoms with E-state index in [2.05, 4.69) is 34.8 Å². The number of benzene rings is 2. The van der Waals surface area contributed by atoms with Gasteiger partial charge in [-0.1, -0.05) is 25.1 Å². The van der Waals surface area contributed by atoms with Crippen molar-refractivity contribution in [1.29, 1.82) is 0 Å². The summed E-state index contributed by atoms with van der Waals surface area (Å²) in [5, 5.41) is 0.354. The lowest BCUT2D eigenvalue weighted by molar-refractivity contribution is 0.387. The van der Waals surface area contributed by atoms with Crippen LogP contribution < -0.4 is 9.64 Å². The predicted octanol–water partition coefficient (Wildman–Crippen LogP) is 4.35. The van der Waals surface area contributed by atoms with Crippen LogP contribution in [0.3, 0.4) is 0 Å². The lowest BCUT2D eigenvalue weighted by Gasteiger charge is -2.35. The van der Waals surface area contributed by atoms with Gasteiger partial charge in [-0.3, -0.25) is 4.21 Å². The van der Waals surface area contributed by atoms with Crippen molar-refractivity contribution in [2.75, 3.05) is 25.1 Å². The largest absolute Gasteiger partial charge is 0.494 e. The molecule has 2 atom stereocenters. The van der Waals surface area contributed by atoms with E-state index in [0.717, 1.165) is 25.1 Å². The van der Waals surface area contributed by atoms with Gasteiger partial charge in [-0.2, -0.15) is 0 Å². The van der Waals surface area contributed by atoms with Crippen LogP contribution in [0.5, 0.6) is 5.75 Å². The third kappa shape index (κ3) is 3.28. The average Bonchev–Trinajstić information content (AvgIpc) is 3.11. The second kappa shape index (κ2) is 7.54. The SMILES string of the molecule is CCN1CCC(C)c2cccc(CS(=O)c3nc4cc(OC)c(F)cc4[nH]3)c21. The van der Waals surface area contributed by atoms with Crippen LogP contribution >= 0.6 is 0 Å². The Morgan fingerprint density at radius 3 is 2.96 bits per heavy atom. The second-order valence-electron chi connectivity index (χ2n) is 7.16. The minimum atomic E-state index is -1.37. The number of methoxy groups -OCH3 is 1. The minimum absolute atomic E-state index is 0.126. The Labute approximate surface area is 166 Å². The molecule has 0 fully saturated rings. The Bertz CT molecular complexity index is 1050. The van der Waals surface area contributed by atoms with Crippen LogP contribution in [0.2, 0.25) is 0 Å². The molecule has 2 aromatic carbocycles. The van der Waals surface area contributed by atoms with E-state index in [1.165, 1.54) is 30.5 Å². The Hall–Kier alpha value is -2.41. The van der Waals surface area contributed by atoms with Crippen LogP contribution in [0.4, 0.5) is 10.1 Å². The van der Waals surface area contributed by atoms with E-state index in [0.29, 0.717) is 27.9 Å². The number of anilines is 1. The third-order valence-electron chi connectivity index (χ3n) is 5.45. The maximum Gasteiger partial charge on any atom is 0.197 e. The van der Waals surface area contributed by atoms with Crippen molar-refractivity contribution in [3.63, 3.8) is 0 Å². The summed E-state index contributed by atoms with van der Waals surface area (Å²) in [6.45, 7) is 6.33. The number of H-pyrrole nitrogens is 1. The van der Waals surface area contributed by atoms with Gasteiger partial charge in [-0.15, -0.1) is 0 Å². The summed E-state index contributed by atoms with van der Waals surface area (Å²) in [4.78, 5) is 9.77. The highest BCUT2D eigenvalue weighted by Crippen LogP contribution is 2.38. The zero-order valence-electron chi connectivity index (χ0n) is 16.3. The zero-order valence-corrected chi connectivity index (χ0v) is 17.1. The number of aromatic nitrogens is 2. The number of halogens is 1. The molecule has 3 aromatic rings. The van der Waals surface area contributed by atoms with Crippen LogP contribution in [-0.4, -0.2) is 34.4 Å². The number of hydrogen-bond donors (Lipinski definition) is 1. The van der Waals surface area contributed by atoms with Crippen LogP contribution in [0.25, 0.3) is 11.0 Å². The van der Waals surface area contributed by atoms with Crippen molar-refractivity contribution in [1.82, 2.24) is 9.97 Å². The topological polar surface area (TPSA) is 58.2 Å². The molecule has 1 aromatic heterocycles. The minimum Gasteiger partial charge on any atom is -0.494 e. The number of aromatic amines is 1. The van der Waals surface area contributed by atoms with Crippen molar-refractivity contribution in [2.45, 2.75) is 37.1 Å². The van der Waals surface area contributed by atoms with E-state index in [1.54, 1.807) is 0 Å². The first kappa shape index (κ1) is 18.9. The second-order valence-corrected chi connectivity index (χ2v) is 8.53. The Kier molecular flexibility index (Phi) is 5.10. The van der Waals surface area contributed by atoms with Crippen LogP contribution in [0.1, 0.15) is 37.3 Å². The van der Waals surface area contributed by atoms with Crippen molar-refractivity contribution in [3.05, 3.63) is 47.3 Å². The first-order valence-electron chi connectivity index (χ1n) is 9.50. The summed E-state index contributed by atoms with van der Waals surface area (Å²) in [6, 6.07) is 9.10. The molecule has 0 saturated heterocycles. The van der Waals surface area contributed by atoms with Crippen LogP contribution in [-0.2, 0) is 16.6 Å². The number of nitrogens with one attached hydrogen (secondary N) is 1. The smallest absolute Gasteiger partial charge is 0.197 e. The molecular formula is C21H24FN3O2S. The molecule has 0 spiro atoms. The highest BCUT2D eigenvalue weighted by Gasteiger charge is 2.25. The molecule has 0 saturated carbocycles. The number of rotatable bonds is 5. The van der Waals surface area contributed by atoms with Gasteiger partial charge in [-0.05, 0) is 30.4 Å². The van der Waals surface area contributed by atoms with Crippen molar-refractivity contribution in [2.24, 2.45) is 0 Å². The average molecular weight is 402 g/mol. The zero-order chi connectivity index (χ0) is 19.8. The number of imidazole rings is 1. The highest BCUT2D eigenvalue weighted by molar-refractivity contribution is 7.84. The molecule has 1 aliphatic heterocycles. The van der Waals surface area contributed by atoms with Crippen molar-refractivity contribution >= 4 is 27.5 Å². The van der Waals surface area contributed by atoms with Crippen molar-refractivity contribution in [3.8, 4) is 5.75 Å². The highest BCUT2D eigenvalue weighted by atomic mass is 32.2. The molecule has 2 heterocycles. The summed E-state index contributed by atoms with van der Waals surface area (Å²) in [5.74, 6) is 0.515. The molecule has 4 rings (SSSR count). The molecule has 0 bridgehead atoms. The van der Waals surface area contributed by atoms with Gasteiger partial charge in [0.2, 0.25) is 0 Å². The molecule has 0 radical (unpaired) electrons. The first-order valence-corrected chi connectivity index (χ1v) is 10.8. The van der Waals surface area contributed by atoms with E-state index < -0.39 is 16.6 Å². The fourth-order valence-corrected chi connectivity index (χ4v) is 4.98. The number of ether oxygens (including phenoxy) is 1. The summed E-state index contributed by atoms with van der Waals surface area (Å²) in [7, 11) is 0.0467. The van der Waals surface area contributed by atoms with Crippen LogP contribution in [0, 0.1) is 5.82 Å². The lowest BCUT2D eigenvalue weighted by Crippen LogP contribution is -2.31. The van der Waals surface area contributed by atoms with Gasteiger partial charge in [0.05, 0.1) is 34.7 Å². The molecule has 148 valence electrons. The molecule has 5 nitrogen and oxygen atoms in total. The maximum atomic E-state index is 13.9. The van der Waals surface area contributed by atoms with Gasteiger partial charge in [0.1, 0.15) is 0 Å². The molecular weight excluding hydrogens is 377 g/mol.